The zero-order chi connectivity index (χ0) is 21.0. The number of anilines is 1. The fourth-order valence-corrected chi connectivity index (χ4v) is 4.91. The van der Waals surface area contributed by atoms with Gasteiger partial charge in [-0.25, -0.2) is 0 Å². The highest BCUT2D eigenvalue weighted by Gasteiger charge is 2.34. The van der Waals surface area contributed by atoms with Crippen molar-refractivity contribution in [1.29, 1.82) is 0 Å². The Bertz CT molecular complexity index is 984. The van der Waals surface area contributed by atoms with Gasteiger partial charge in [0, 0.05) is 18.7 Å². The van der Waals surface area contributed by atoms with E-state index in [1.165, 1.54) is 37.1 Å². The van der Waals surface area contributed by atoms with Crippen molar-refractivity contribution < 1.29 is 9.84 Å². The lowest BCUT2D eigenvalue weighted by atomic mass is 9.87. The van der Waals surface area contributed by atoms with E-state index in [1.807, 2.05) is 18.2 Å². The van der Waals surface area contributed by atoms with Gasteiger partial charge < -0.3 is 14.7 Å². The van der Waals surface area contributed by atoms with Crippen LogP contribution in [0.25, 0.3) is 0 Å². The van der Waals surface area contributed by atoms with Crippen molar-refractivity contribution in [2.45, 2.75) is 31.5 Å². The Morgan fingerprint density at radius 2 is 1.55 bits per heavy atom. The zero-order valence-electron chi connectivity index (χ0n) is 17.9. The molecule has 0 saturated carbocycles. The fraction of sp³-hybridized carbons (Fsp3) is 0.333. The Morgan fingerprint density at radius 3 is 2.32 bits per heavy atom. The van der Waals surface area contributed by atoms with E-state index in [0.717, 1.165) is 30.2 Å². The number of fused-ring (bicyclic) bond motifs is 1. The monoisotopic (exact) mass is 414 g/mol. The summed E-state index contributed by atoms with van der Waals surface area (Å²) in [5.41, 5.74) is 4.64. The van der Waals surface area contributed by atoms with Crippen LogP contribution in [0.3, 0.4) is 0 Å². The molecule has 4 heteroatoms. The van der Waals surface area contributed by atoms with Crippen molar-refractivity contribution in [1.82, 2.24) is 4.90 Å². The van der Waals surface area contributed by atoms with Gasteiger partial charge in [0.25, 0.3) is 0 Å². The third kappa shape index (κ3) is 4.32. The second-order valence-corrected chi connectivity index (χ2v) is 8.50. The van der Waals surface area contributed by atoms with Gasteiger partial charge in [0.2, 0.25) is 0 Å². The Kier molecular flexibility index (Phi) is 5.92. The molecule has 2 aliphatic heterocycles. The van der Waals surface area contributed by atoms with Crippen molar-refractivity contribution in [3.05, 3.63) is 95.6 Å². The molecule has 160 valence electrons. The number of hydrogen-bond acceptors (Lipinski definition) is 4. The third-order valence-corrected chi connectivity index (χ3v) is 6.48. The van der Waals surface area contributed by atoms with Gasteiger partial charge in [0.1, 0.15) is 18.6 Å². The zero-order valence-corrected chi connectivity index (χ0v) is 17.9. The van der Waals surface area contributed by atoms with Crippen LogP contribution >= 0.6 is 0 Å². The summed E-state index contributed by atoms with van der Waals surface area (Å²) in [4.78, 5) is 4.60. The first kappa shape index (κ1) is 20.1. The molecule has 31 heavy (non-hydrogen) atoms. The molecule has 1 saturated heterocycles. The van der Waals surface area contributed by atoms with Crippen LogP contribution in [-0.2, 0) is 6.42 Å². The van der Waals surface area contributed by atoms with Gasteiger partial charge in [-0.1, -0.05) is 54.6 Å². The lowest BCUT2D eigenvalue weighted by Gasteiger charge is -2.42. The van der Waals surface area contributed by atoms with E-state index >= 15 is 0 Å². The molecule has 2 heterocycles. The van der Waals surface area contributed by atoms with Crippen molar-refractivity contribution in [2.75, 3.05) is 31.1 Å². The number of rotatable bonds is 6. The summed E-state index contributed by atoms with van der Waals surface area (Å²) in [6, 6.07) is 27.0. The molecule has 2 aliphatic rings. The van der Waals surface area contributed by atoms with Crippen LogP contribution in [-0.4, -0.2) is 42.5 Å². The molecule has 1 fully saturated rings. The van der Waals surface area contributed by atoms with Crippen LogP contribution in [0.1, 0.15) is 35.6 Å². The summed E-state index contributed by atoms with van der Waals surface area (Å²) in [5, 5.41) is 11.1. The second-order valence-electron chi connectivity index (χ2n) is 8.50. The number of ether oxygens (including phenoxy) is 1. The molecule has 0 radical (unpaired) electrons. The first-order chi connectivity index (χ1) is 15.3. The van der Waals surface area contributed by atoms with E-state index in [4.69, 9.17) is 4.74 Å². The predicted octanol–water partition coefficient (Wildman–Crippen LogP) is 4.63. The molecule has 0 spiro atoms. The van der Waals surface area contributed by atoms with Crippen molar-refractivity contribution in [3.8, 4) is 5.75 Å². The minimum atomic E-state index is -0.571. The summed E-state index contributed by atoms with van der Waals surface area (Å²) < 4.78 is 6.01. The van der Waals surface area contributed by atoms with Gasteiger partial charge >= 0.3 is 0 Å². The quantitative estimate of drug-likeness (QED) is 0.638. The molecule has 0 bridgehead atoms. The first-order valence-electron chi connectivity index (χ1n) is 11.3. The minimum absolute atomic E-state index is 0.0407. The van der Waals surface area contributed by atoms with Crippen molar-refractivity contribution in [2.24, 2.45) is 0 Å². The average Bonchev–Trinajstić information content (AvgIpc) is 3.33. The van der Waals surface area contributed by atoms with E-state index < -0.39 is 6.23 Å². The molecule has 0 aliphatic carbocycles. The highest BCUT2D eigenvalue weighted by Crippen LogP contribution is 2.40. The molecular formula is C27H30N2O2. The first-order valence-corrected chi connectivity index (χ1v) is 11.3. The van der Waals surface area contributed by atoms with E-state index in [9.17, 15) is 5.11 Å². The van der Waals surface area contributed by atoms with Crippen molar-refractivity contribution >= 4 is 5.69 Å². The smallest absolute Gasteiger partial charge is 0.131 e. The maximum absolute atomic E-state index is 11.1. The lowest BCUT2D eigenvalue weighted by Crippen LogP contribution is -2.44. The minimum Gasteiger partial charge on any atom is -0.492 e. The third-order valence-electron chi connectivity index (χ3n) is 6.48. The number of aliphatic hydroxyl groups excluding tert-OH is 1. The topological polar surface area (TPSA) is 35.9 Å². The van der Waals surface area contributed by atoms with Gasteiger partial charge in [-0.2, -0.15) is 0 Å². The largest absolute Gasteiger partial charge is 0.492 e. The molecule has 0 aromatic heterocycles. The number of nitrogens with zero attached hydrogens (tertiary/aromatic N) is 2. The number of aliphatic hydroxyl groups is 1. The highest BCUT2D eigenvalue weighted by atomic mass is 16.5. The van der Waals surface area contributed by atoms with Crippen molar-refractivity contribution in [3.63, 3.8) is 0 Å². The van der Waals surface area contributed by atoms with Gasteiger partial charge in [0.15, 0.2) is 0 Å². The molecule has 2 atom stereocenters. The lowest BCUT2D eigenvalue weighted by molar-refractivity contribution is 0.154. The molecule has 3 aromatic carbocycles. The number of hydrogen-bond donors (Lipinski definition) is 1. The predicted molar refractivity (Wildman–Crippen MR) is 125 cm³/mol. The van der Waals surface area contributed by atoms with E-state index in [-0.39, 0.29) is 6.04 Å². The molecule has 1 N–H and O–H groups in total. The summed E-state index contributed by atoms with van der Waals surface area (Å²) in [6.07, 6.45) is 2.67. The summed E-state index contributed by atoms with van der Waals surface area (Å²) >= 11 is 0. The van der Waals surface area contributed by atoms with Crippen LogP contribution in [0.5, 0.6) is 5.75 Å². The molecule has 4 nitrogen and oxygen atoms in total. The van der Waals surface area contributed by atoms with Crippen LogP contribution in [0, 0.1) is 0 Å². The van der Waals surface area contributed by atoms with Crippen LogP contribution in [0.2, 0.25) is 0 Å². The molecule has 3 aromatic rings. The highest BCUT2D eigenvalue weighted by molar-refractivity contribution is 5.56. The second kappa shape index (κ2) is 9.13. The van der Waals surface area contributed by atoms with Gasteiger partial charge in [-0.05, 0) is 66.9 Å². The van der Waals surface area contributed by atoms with Crippen LogP contribution in [0.15, 0.2) is 78.9 Å². The van der Waals surface area contributed by atoms with E-state index in [2.05, 4.69) is 70.5 Å². The van der Waals surface area contributed by atoms with Crippen LogP contribution in [0.4, 0.5) is 5.69 Å². The number of likely N-dealkylation sites (tertiary alicyclic amines) is 1. The molecular weight excluding hydrogens is 384 g/mol. The number of para-hydroxylation sites is 1. The maximum Gasteiger partial charge on any atom is 0.131 e. The van der Waals surface area contributed by atoms with E-state index in [1.54, 1.807) is 0 Å². The van der Waals surface area contributed by atoms with E-state index in [0.29, 0.717) is 6.42 Å². The standard InChI is InChI=1S/C27H30N2O2/c30-26-20-22-8-4-5-11-25(22)27(29(26)23-9-2-1-3-10-23)21-12-14-24(15-13-21)31-19-18-28-16-6-7-17-28/h1-5,8-15,26-27,30H,6-7,16-20H2. The summed E-state index contributed by atoms with van der Waals surface area (Å²) in [7, 11) is 0. The normalized spacial score (nSPS) is 21.1. The van der Waals surface area contributed by atoms with Gasteiger partial charge in [-0.15, -0.1) is 0 Å². The summed E-state index contributed by atoms with van der Waals surface area (Å²) in [6.45, 7) is 4.11. The SMILES string of the molecule is OC1Cc2ccccc2C(c2ccc(OCCN3CCCC3)cc2)N1c1ccccc1. The van der Waals surface area contributed by atoms with Gasteiger partial charge in [0.05, 0.1) is 6.04 Å². The Labute approximate surface area is 184 Å². The summed E-state index contributed by atoms with van der Waals surface area (Å²) in [5.74, 6) is 0.902. The fourth-order valence-electron chi connectivity index (χ4n) is 4.91. The maximum atomic E-state index is 11.1. The molecule has 5 rings (SSSR count). The Hall–Kier alpha value is -2.82. The molecule has 2 unspecified atom stereocenters. The Morgan fingerprint density at radius 1 is 0.839 bits per heavy atom. The molecule has 0 amide bonds. The average molecular weight is 415 g/mol. The van der Waals surface area contributed by atoms with Gasteiger partial charge in [-0.3, -0.25) is 4.90 Å². The number of benzene rings is 3. The Balaban J connectivity index is 1.40. The van der Waals surface area contributed by atoms with Crippen LogP contribution < -0.4 is 9.64 Å².